The van der Waals surface area contributed by atoms with Gasteiger partial charge in [-0.3, -0.25) is 9.13 Å². The number of fused-ring (bicyclic) bond motifs is 4. The lowest BCUT2D eigenvalue weighted by atomic mass is 10.00. The molecule has 6 aromatic rings. The summed E-state index contributed by atoms with van der Waals surface area (Å²) in [5, 5.41) is 0. The van der Waals surface area contributed by atoms with Crippen molar-refractivity contribution >= 4 is 22.2 Å². The highest BCUT2D eigenvalue weighted by atomic mass is 16.5. The Labute approximate surface area is 222 Å². The van der Waals surface area contributed by atoms with Gasteiger partial charge in [0.1, 0.15) is 17.0 Å². The minimum Gasteiger partial charge on any atom is -0.493 e. The molecule has 2 aliphatic rings. The molecule has 5 heterocycles. The monoisotopic (exact) mass is 516 g/mol. The van der Waals surface area contributed by atoms with Crippen molar-refractivity contribution in [2.75, 3.05) is 13.2 Å². The first-order valence-corrected chi connectivity index (χ1v) is 13.1. The zero-order valence-electron chi connectivity index (χ0n) is 20.9. The molecule has 8 rings (SSSR count). The maximum Gasteiger partial charge on any atom is 0.331 e. The lowest BCUT2D eigenvalue weighted by Crippen LogP contribution is -2.34. The van der Waals surface area contributed by atoms with E-state index in [1.165, 1.54) is 0 Å². The molecular formula is C30H24N6O3. The summed E-state index contributed by atoms with van der Waals surface area (Å²) in [6.07, 6.45) is 3.09. The van der Waals surface area contributed by atoms with E-state index in [0.29, 0.717) is 48.9 Å². The van der Waals surface area contributed by atoms with Gasteiger partial charge >= 0.3 is 5.69 Å². The highest BCUT2D eigenvalue weighted by molar-refractivity contribution is 5.79. The third-order valence-electron chi connectivity index (χ3n) is 7.73. The van der Waals surface area contributed by atoms with Crippen molar-refractivity contribution in [3.63, 3.8) is 0 Å². The SMILES string of the molecule is O=c1n([C@@H]2CCOc3ccccc32)c2cnc(-c3nc4ccccc4[nH]3)nc2n1[C@H]1CCOc2ccccc21. The molecular weight excluding hydrogens is 492 g/mol. The predicted octanol–water partition coefficient (Wildman–Crippen LogP) is 4.88. The van der Waals surface area contributed by atoms with Crippen LogP contribution < -0.4 is 15.2 Å². The van der Waals surface area contributed by atoms with E-state index in [1.54, 1.807) is 6.20 Å². The van der Waals surface area contributed by atoms with Gasteiger partial charge in [0, 0.05) is 24.0 Å². The Bertz CT molecular complexity index is 1900. The summed E-state index contributed by atoms with van der Waals surface area (Å²) in [5.41, 5.74) is 4.85. The molecule has 0 fully saturated rings. The van der Waals surface area contributed by atoms with Crippen LogP contribution >= 0.6 is 0 Å². The largest absolute Gasteiger partial charge is 0.493 e. The predicted molar refractivity (Wildman–Crippen MR) is 146 cm³/mol. The van der Waals surface area contributed by atoms with Crippen LogP contribution in [0.5, 0.6) is 11.5 Å². The molecule has 0 unspecified atom stereocenters. The second-order valence-corrected chi connectivity index (χ2v) is 9.91. The van der Waals surface area contributed by atoms with Crippen LogP contribution in [-0.2, 0) is 0 Å². The van der Waals surface area contributed by atoms with Crippen LogP contribution in [0.2, 0.25) is 0 Å². The van der Waals surface area contributed by atoms with Gasteiger partial charge in [0.25, 0.3) is 0 Å². The zero-order valence-corrected chi connectivity index (χ0v) is 20.9. The van der Waals surface area contributed by atoms with E-state index < -0.39 is 0 Å². The molecule has 39 heavy (non-hydrogen) atoms. The number of H-pyrrole nitrogens is 1. The van der Waals surface area contributed by atoms with Crippen molar-refractivity contribution in [1.29, 1.82) is 0 Å². The number of hydrogen-bond donors (Lipinski definition) is 1. The first kappa shape index (κ1) is 22.1. The Kier molecular flexibility index (Phi) is 4.85. The molecule has 1 N–H and O–H groups in total. The summed E-state index contributed by atoms with van der Waals surface area (Å²) >= 11 is 0. The van der Waals surface area contributed by atoms with E-state index >= 15 is 0 Å². The molecule has 0 spiro atoms. The van der Waals surface area contributed by atoms with Crippen LogP contribution in [0, 0.1) is 0 Å². The van der Waals surface area contributed by atoms with E-state index in [0.717, 1.165) is 33.7 Å². The maximum absolute atomic E-state index is 14.4. The first-order valence-electron chi connectivity index (χ1n) is 13.1. The average Bonchev–Trinajstić information content (AvgIpc) is 3.54. The normalized spacial score (nSPS) is 18.4. The van der Waals surface area contributed by atoms with Crippen molar-refractivity contribution in [1.82, 2.24) is 29.1 Å². The fourth-order valence-electron chi connectivity index (χ4n) is 5.96. The molecule has 0 bridgehead atoms. The Morgan fingerprint density at radius 3 is 2.13 bits per heavy atom. The quantitative estimate of drug-likeness (QED) is 0.360. The second kappa shape index (κ2) is 8.56. The third kappa shape index (κ3) is 3.39. The average molecular weight is 517 g/mol. The molecule has 0 saturated heterocycles. The summed E-state index contributed by atoms with van der Waals surface area (Å²) in [6, 6.07) is 23.2. The van der Waals surface area contributed by atoms with Gasteiger partial charge in [-0.25, -0.2) is 19.7 Å². The Balaban J connectivity index is 1.38. The molecule has 192 valence electrons. The number of imidazole rings is 2. The van der Waals surface area contributed by atoms with Gasteiger partial charge in [-0.1, -0.05) is 48.5 Å². The van der Waals surface area contributed by atoms with Crippen molar-refractivity contribution in [3.8, 4) is 23.1 Å². The lowest BCUT2D eigenvalue weighted by molar-refractivity contribution is 0.248. The molecule has 3 aromatic carbocycles. The summed E-state index contributed by atoms with van der Waals surface area (Å²) in [4.78, 5) is 32.2. The van der Waals surface area contributed by atoms with Crippen LogP contribution in [0.15, 0.2) is 83.8 Å². The highest BCUT2D eigenvalue weighted by Crippen LogP contribution is 2.38. The summed E-state index contributed by atoms with van der Waals surface area (Å²) in [7, 11) is 0. The van der Waals surface area contributed by atoms with Crippen molar-refractivity contribution in [2.45, 2.75) is 24.9 Å². The Hall–Kier alpha value is -4.92. The summed E-state index contributed by atoms with van der Waals surface area (Å²) in [5.74, 6) is 2.60. The van der Waals surface area contributed by atoms with Crippen molar-refractivity contribution < 1.29 is 9.47 Å². The fraction of sp³-hybridized carbons (Fsp3) is 0.200. The van der Waals surface area contributed by atoms with Crippen LogP contribution in [-0.4, -0.2) is 42.3 Å². The van der Waals surface area contributed by atoms with Gasteiger partial charge in [-0.2, -0.15) is 0 Å². The topological polar surface area (TPSA) is 99.9 Å². The summed E-state index contributed by atoms with van der Waals surface area (Å²) in [6.45, 7) is 1.04. The number of rotatable bonds is 3. The van der Waals surface area contributed by atoms with Gasteiger partial charge in [-0.15, -0.1) is 0 Å². The Morgan fingerprint density at radius 2 is 1.41 bits per heavy atom. The van der Waals surface area contributed by atoms with Gasteiger partial charge < -0.3 is 14.5 Å². The lowest BCUT2D eigenvalue weighted by Gasteiger charge is -2.27. The minimum absolute atomic E-state index is 0.121. The number of nitrogens with zero attached hydrogens (tertiary/aromatic N) is 5. The highest BCUT2D eigenvalue weighted by Gasteiger charge is 2.33. The fourth-order valence-corrected chi connectivity index (χ4v) is 5.96. The number of aromatic nitrogens is 6. The van der Waals surface area contributed by atoms with Crippen LogP contribution in [0.1, 0.15) is 36.1 Å². The number of benzene rings is 3. The third-order valence-corrected chi connectivity index (χ3v) is 7.73. The van der Waals surface area contributed by atoms with E-state index in [9.17, 15) is 4.79 Å². The van der Waals surface area contributed by atoms with Crippen LogP contribution in [0.25, 0.3) is 33.8 Å². The number of aromatic amines is 1. The number of para-hydroxylation sites is 4. The Morgan fingerprint density at radius 1 is 0.769 bits per heavy atom. The first-order chi connectivity index (χ1) is 19.3. The van der Waals surface area contributed by atoms with Gasteiger partial charge in [-0.05, 0) is 24.3 Å². The van der Waals surface area contributed by atoms with E-state index in [2.05, 4.69) is 4.98 Å². The van der Waals surface area contributed by atoms with Crippen molar-refractivity contribution in [2.24, 2.45) is 0 Å². The standard InChI is InChI=1S/C30H24N6O3/c37-30-35(22-13-15-38-25-11-5-1-7-18(22)25)24-17-31-27(28-32-20-9-3-4-10-21(20)33-28)34-29(24)36(30)23-14-16-39-26-12-6-2-8-19(23)26/h1-12,17,22-23H,13-16H2,(H,32,33)/t22-,23+/m1/s1. The van der Waals surface area contributed by atoms with Crippen LogP contribution in [0.3, 0.4) is 0 Å². The molecule has 2 aliphatic heterocycles. The van der Waals surface area contributed by atoms with Gasteiger partial charge in [0.2, 0.25) is 0 Å². The molecule has 0 amide bonds. The molecule has 9 heteroatoms. The van der Waals surface area contributed by atoms with Gasteiger partial charge in [0.05, 0.1) is 42.5 Å². The second-order valence-electron chi connectivity index (χ2n) is 9.91. The number of nitrogens with one attached hydrogen (secondary N) is 1. The van der Waals surface area contributed by atoms with E-state index in [1.807, 2.05) is 81.9 Å². The maximum atomic E-state index is 14.4. The molecule has 9 nitrogen and oxygen atoms in total. The molecule has 2 atom stereocenters. The van der Waals surface area contributed by atoms with Crippen molar-refractivity contribution in [3.05, 3.63) is 101 Å². The number of ether oxygens (including phenoxy) is 2. The molecule has 0 aliphatic carbocycles. The van der Waals surface area contributed by atoms with Gasteiger partial charge in [0.15, 0.2) is 17.3 Å². The van der Waals surface area contributed by atoms with Crippen LogP contribution in [0.4, 0.5) is 0 Å². The smallest absolute Gasteiger partial charge is 0.331 e. The minimum atomic E-state index is -0.222. The number of hydrogen-bond acceptors (Lipinski definition) is 6. The van der Waals surface area contributed by atoms with E-state index in [4.69, 9.17) is 24.4 Å². The zero-order chi connectivity index (χ0) is 25.9. The molecule has 3 aromatic heterocycles. The summed E-state index contributed by atoms with van der Waals surface area (Å²) < 4.78 is 15.5. The molecule has 0 saturated carbocycles. The molecule has 0 radical (unpaired) electrons. The van der Waals surface area contributed by atoms with E-state index in [-0.39, 0.29) is 17.8 Å².